The minimum Gasteiger partial charge on any atom is -0.398 e. The number of hydrogen-bond acceptors (Lipinski definition) is 5. The lowest BCUT2D eigenvalue weighted by atomic mass is 10.1. The third kappa shape index (κ3) is 3.94. The Morgan fingerprint density at radius 3 is 2.29 bits per heavy atom. The zero-order valence-electron chi connectivity index (χ0n) is 12.5. The van der Waals surface area contributed by atoms with Crippen molar-refractivity contribution in [2.75, 3.05) is 38.5 Å². The van der Waals surface area contributed by atoms with Gasteiger partial charge in [-0.2, -0.15) is 4.31 Å². The van der Waals surface area contributed by atoms with Crippen LogP contribution in [0.2, 0.25) is 0 Å². The number of piperazine rings is 1. The number of hydrogen-bond donors (Lipinski definition) is 2. The fourth-order valence-corrected chi connectivity index (χ4v) is 4.07. The summed E-state index contributed by atoms with van der Waals surface area (Å²) < 4.78 is 26.6. The summed E-state index contributed by atoms with van der Waals surface area (Å²) in [4.78, 5) is 2.24. The van der Waals surface area contributed by atoms with Gasteiger partial charge in [-0.05, 0) is 26.0 Å². The molecule has 0 atom stereocenters. The van der Waals surface area contributed by atoms with Crippen LogP contribution >= 0.6 is 0 Å². The second-order valence-corrected chi connectivity index (χ2v) is 7.94. The number of benzene rings is 1. The zero-order valence-corrected chi connectivity index (χ0v) is 13.3. The molecule has 0 amide bonds. The van der Waals surface area contributed by atoms with E-state index < -0.39 is 15.6 Å². The summed E-state index contributed by atoms with van der Waals surface area (Å²) in [6, 6.07) is 6.52. The zero-order chi connectivity index (χ0) is 15.7. The SMILES string of the molecule is CC(C)(O)CN1CCN(S(=O)(=O)c2ccccc2N)CC1. The maximum Gasteiger partial charge on any atom is 0.245 e. The van der Waals surface area contributed by atoms with Gasteiger partial charge in [0.1, 0.15) is 4.90 Å². The molecule has 3 N–H and O–H groups in total. The molecule has 0 saturated carbocycles. The van der Waals surface area contributed by atoms with Gasteiger partial charge in [-0.3, -0.25) is 4.90 Å². The van der Waals surface area contributed by atoms with Crippen molar-refractivity contribution < 1.29 is 13.5 Å². The van der Waals surface area contributed by atoms with Gasteiger partial charge in [-0.1, -0.05) is 12.1 Å². The summed E-state index contributed by atoms with van der Waals surface area (Å²) in [5, 5.41) is 9.82. The van der Waals surface area contributed by atoms with E-state index in [9.17, 15) is 13.5 Å². The Bertz CT molecular complexity index is 588. The summed E-state index contributed by atoms with van der Waals surface area (Å²) in [7, 11) is -3.54. The number of nitrogens with two attached hydrogens (primary N) is 1. The minimum atomic E-state index is -3.54. The average molecular weight is 313 g/mol. The molecule has 0 unspecified atom stereocenters. The van der Waals surface area contributed by atoms with Gasteiger partial charge in [0.2, 0.25) is 10.0 Å². The standard InChI is InChI=1S/C14H23N3O3S/c1-14(2,18)11-16-7-9-17(10-8-16)21(19,20)13-6-4-3-5-12(13)15/h3-6,18H,7-11,15H2,1-2H3. The number of nitrogens with zero attached hydrogens (tertiary/aromatic N) is 2. The van der Waals surface area contributed by atoms with Gasteiger partial charge in [0.15, 0.2) is 0 Å². The van der Waals surface area contributed by atoms with Crippen molar-refractivity contribution in [2.45, 2.75) is 24.3 Å². The van der Waals surface area contributed by atoms with Gasteiger partial charge < -0.3 is 10.8 Å². The van der Waals surface area contributed by atoms with E-state index in [0.717, 1.165) is 0 Å². The Hall–Kier alpha value is -1.15. The molecule has 0 spiro atoms. The molecule has 1 heterocycles. The van der Waals surface area contributed by atoms with Crippen molar-refractivity contribution in [2.24, 2.45) is 0 Å². The van der Waals surface area contributed by atoms with E-state index in [2.05, 4.69) is 4.90 Å². The molecule has 2 rings (SSSR count). The van der Waals surface area contributed by atoms with E-state index in [4.69, 9.17) is 5.73 Å². The summed E-state index contributed by atoms with van der Waals surface area (Å²) in [6.07, 6.45) is 0. The Balaban J connectivity index is 2.07. The molecule has 1 aromatic rings. The van der Waals surface area contributed by atoms with Crippen molar-refractivity contribution in [3.8, 4) is 0 Å². The predicted octanol–water partition coefficient (Wildman–Crippen LogP) is 0.346. The van der Waals surface area contributed by atoms with Gasteiger partial charge in [0.25, 0.3) is 0 Å². The molecular formula is C14H23N3O3S. The van der Waals surface area contributed by atoms with Crippen molar-refractivity contribution >= 4 is 15.7 Å². The lowest BCUT2D eigenvalue weighted by Gasteiger charge is -2.36. The topological polar surface area (TPSA) is 86.9 Å². The van der Waals surface area contributed by atoms with Crippen molar-refractivity contribution in [3.05, 3.63) is 24.3 Å². The normalized spacial score (nSPS) is 18.8. The van der Waals surface area contributed by atoms with Crippen LogP contribution < -0.4 is 5.73 Å². The maximum absolute atomic E-state index is 12.6. The van der Waals surface area contributed by atoms with Crippen molar-refractivity contribution in [1.82, 2.24) is 9.21 Å². The number of para-hydroxylation sites is 1. The van der Waals surface area contributed by atoms with E-state index in [-0.39, 0.29) is 10.6 Å². The number of β-amino-alcohol motifs (C(OH)–C–C–N with tert-alkyl or cyclic N) is 1. The minimum absolute atomic E-state index is 0.168. The van der Waals surface area contributed by atoms with Crippen LogP contribution in [0.4, 0.5) is 5.69 Å². The van der Waals surface area contributed by atoms with Gasteiger partial charge >= 0.3 is 0 Å². The Labute approximate surface area is 126 Å². The number of aliphatic hydroxyl groups is 1. The van der Waals surface area contributed by atoms with E-state index in [1.807, 2.05) is 0 Å². The highest BCUT2D eigenvalue weighted by molar-refractivity contribution is 7.89. The van der Waals surface area contributed by atoms with Gasteiger partial charge in [0.05, 0.1) is 11.3 Å². The molecule has 0 radical (unpaired) electrons. The van der Waals surface area contributed by atoms with Gasteiger partial charge in [-0.25, -0.2) is 8.42 Å². The summed E-state index contributed by atoms with van der Waals surface area (Å²) in [5.41, 5.74) is 5.28. The summed E-state index contributed by atoms with van der Waals surface area (Å²) in [6.45, 7) is 6.07. The van der Waals surface area contributed by atoms with E-state index in [1.165, 1.54) is 10.4 Å². The fraction of sp³-hybridized carbons (Fsp3) is 0.571. The molecule has 0 aromatic heterocycles. The molecular weight excluding hydrogens is 290 g/mol. The second kappa shape index (κ2) is 5.92. The Kier molecular flexibility index (Phi) is 4.57. The second-order valence-electron chi connectivity index (χ2n) is 6.03. The van der Waals surface area contributed by atoms with Gasteiger partial charge in [0, 0.05) is 32.7 Å². The highest BCUT2D eigenvalue weighted by atomic mass is 32.2. The highest BCUT2D eigenvalue weighted by Gasteiger charge is 2.31. The first-order chi connectivity index (χ1) is 9.70. The molecule has 21 heavy (non-hydrogen) atoms. The quantitative estimate of drug-likeness (QED) is 0.783. The summed E-state index contributed by atoms with van der Waals surface area (Å²) in [5.74, 6) is 0. The Morgan fingerprint density at radius 1 is 1.19 bits per heavy atom. The van der Waals surface area contributed by atoms with E-state index >= 15 is 0 Å². The molecule has 118 valence electrons. The predicted molar refractivity (Wildman–Crippen MR) is 82.4 cm³/mol. The Morgan fingerprint density at radius 2 is 1.76 bits per heavy atom. The van der Waals surface area contributed by atoms with Crippen LogP contribution in [0.25, 0.3) is 0 Å². The largest absolute Gasteiger partial charge is 0.398 e. The molecule has 1 fully saturated rings. The fourth-order valence-electron chi connectivity index (χ4n) is 2.53. The third-order valence-electron chi connectivity index (χ3n) is 3.48. The van der Waals surface area contributed by atoms with Crippen LogP contribution in [0.1, 0.15) is 13.8 Å². The van der Waals surface area contributed by atoms with Crippen LogP contribution in [0.3, 0.4) is 0 Å². The molecule has 7 heteroatoms. The van der Waals surface area contributed by atoms with Crippen molar-refractivity contribution in [3.63, 3.8) is 0 Å². The van der Waals surface area contributed by atoms with Crippen LogP contribution in [0.15, 0.2) is 29.2 Å². The van der Waals surface area contributed by atoms with Crippen LogP contribution in [-0.2, 0) is 10.0 Å². The monoisotopic (exact) mass is 313 g/mol. The lowest BCUT2D eigenvalue weighted by Crippen LogP contribution is -2.51. The van der Waals surface area contributed by atoms with E-state index in [1.54, 1.807) is 32.0 Å². The molecule has 1 aliphatic rings. The molecule has 0 bridgehead atoms. The number of anilines is 1. The number of nitrogen functional groups attached to an aromatic ring is 1. The average Bonchev–Trinajstić information content (AvgIpc) is 2.37. The molecule has 0 aliphatic carbocycles. The lowest BCUT2D eigenvalue weighted by molar-refractivity contribution is 0.0263. The molecule has 1 aromatic carbocycles. The first-order valence-electron chi connectivity index (χ1n) is 6.99. The molecule has 1 saturated heterocycles. The van der Waals surface area contributed by atoms with Gasteiger partial charge in [-0.15, -0.1) is 0 Å². The first-order valence-corrected chi connectivity index (χ1v) is 8.43. The molecule has 6 nitrogen and oxygen atoms in total. The smallest absolute Gasteiger partial charge is 0.245 e. The van der Waals surface area contributed by atoms with Crippen LogP contribution in [-0.4, -0.2) is 61.1 Å². The van der Waals surface area contributed by atoms with Crippen molar-refractivity contribution in [1.29, 1.82) is 0 Å². The van der Waals surface area contributed by atoms with E-state index in [0.29, 0.717) is 32.7 Å². The van der Waals surface area contributed by atoms with Crippen LogP contribution in [0, 0.1) is 0 Å². The highest BCUT2D eigenvalue weighted by Crippen LogP contribution is 2.23. The van der Waals surface area contributed by atoms with Crippen LogP contribution in [0.5, 0.6) is 0 Å². The maximum atomic E-state index is 12.6. The molecule has 1 aliphatic heterocycles. The first kappa shape index (κ1) is 16.2. The summed E-state index contributed by atoms with van der Waals surface area (Å²) >= 11 is 0. The third-order valence-corrected chi connectivity index (χ3v) is 5.45. The number of sulfonamides is 1. The number of rotatable bonds is 4.